The van der Waals surface area contributed by atoms with Crippen LogP contribution < -0.4 is 10.7 Å². The molecule has 0 bridgehead atoms. The third-order valence-electron chi connectivity index (χ3n) is 5.37. The summed E-state index contributed by atoms with van der Waals surface area (Å²) in [7, 11) is 0. The zero-order chi connectivity index (χ0) is 23.4. The summed E-state index contributed by atoms with van der Waals surface area (Å²) < 4.78 is 2.19. The van der Waals surface area contributed by atoms with Gasteiger partial charge in [0.15, 0.2) is 0 Å². The molecule has 1 aromatic heterocycles. The SMILES string of the molecule is CC(=O)Nc1cccc(C(=O)N/N=C\c2c(C)n(Cc3ccccc3Cl)c3ccccc23)c1. The highest BCUT2D eigenvalue weighted by molar-refractivity contribution is 6.31. The second-order valence-corrected chi connectivity index (χ2v) is 8.06. The molecule has 0 fully saturated rings. The number of anilines is 1. The lowest BCUT2D eigenvalue weighted by Crippen LogP contribution is -2.18. The number of carbonyl (C=O) groups is 2. The molecule has 7 heteroatoms. The fraction of sp³-hybridized carbons (Fsp3) is 0.115. The Morgan fingerprint density at radius 2 is 1.79 bits per heavy atom. The van der Waals surface area contributed by atoms with Crippen LogP contribution in [-0.4, -0.2) is 22.6 Å². The number of aromatic nitrogens is 1. The Kier molecular flexibility index (Phi) is 6.56. The van der Waals surface area contributed by atoms with E-state index in [1.807, 2.05) is 49.4 Å². The van der Waals surface area contributed by atoms with E-state index in [-0.39, 0.29) is 11.8 Å². The van der Waals surface area contributed by atoms with E-state index >= 15 is 0 Å². The summed E-state index contributed by atoms with van der Waals surface area (Å²) >= 11 is 6.39. The Bertz CT molecular complexity index is 1370. The van der Waals surface area contributed by atoms with Crippen LogP contribution in [0.1, 0.15) is 34.1 Å². The van der Waals surface area contributed by atoms with E-state index in [9.17, 15) is 9.59 Å². The van der Waals surface area contributed by atoms with E-state index in [0.717, 1.165) is 32.7 Å². The summed E-state index contributed by atoms with van der Waals surface area (Å²) in [5, 5.41) is 8.63. The number of halogens is 1. The van der Waals surface area contributed by atoms with Crippen molar-refractivity contribution >= 4 is 46.2 Å². The first-order valence-corrected chi connectivity index (χ1v) is 10.8. The first kappa shape index (κ1) is 22.3. The van der Waals surface area contributed by atoms with Crippen molar-refractivity contribution in [2.45, 2.75) is 20.4 Å². The molecule has 4 rings (SSSR count). The molecule has 0 aliphatic rings. The quantitative estimate of drug-likeness (QED) is 0.301. The van der Waals surface area contributed by atoms with E-state index in [1.165, 1.54) is 6.92 Å². The van der Waals surface area contributed by atoms with Gasteiger partial charge in [-0.15, -0.1) is 0 Å². The smallest absolute Gasteiger partial charge is 0.271 e. The van der Waals surface area contributed by atoms with Crippen molar-refractivity contribution in [1.82, 2.24) is 9.99 Å². The van der Waals surface area contributed by atoms with Crippen LogP contribution in [0.15, 0.2) is 77.9 Å². The largest absolute Gasteiger partial charge is 0.340 e. The highest BCUT2D eigenvalue weighted by Crippen LogP contribution is 2.27. The van der Waals surface area contributed by atoms with Gasteiger partial charge >= 0.3 is 0 Å². The number of nitrogens with zero attached hydrogens (tertiary/aromatic N) is 2. The maximum atomic E-state index is 12.5. The van der Waals surface area contributed by atoms with Gasteiger partial charge in [-0.1, -0.05) is 54.1 Å². The summed E-state index contributed by atoms with van der Waals surface area (Å²) in [6.07, 6.45) is 1.66. The fourth-order valence-corrected chi connectivity index (χ4v) is 3.98. The minimum Gasteiger partial charge on any atom is -0.340 e. The number of para-hydroxylation sites is 1. The molecule has 3 aromatic carbocycles. The maximum absolute atomic E-state index is 12.5. The van der Waals surface area contributed by atoms with Gasteiger partial charge < -0.3 is 9.88 Å². The number of nitrogens with one attached hydrogen (secondary N) is 2. The number of rotatable bonds is 6. The van der Waals surface area contributed by atoms with Crippen molar-refractivity contribution in [3.8, 4) is 0 Å². The molecule has 4 aromatic rings. The number of amides is 2. The predicted octanol–water partition coefficient (Wildman–Crippen LogP) is 5.37. The first-order chi connectivity index (χ1) is 15.9. The van der Waals surface area contributed by atoms with Crippen molar-refractivity contribution < 1.29 is 9.59 Å². The van der Waals surface area contributed by atoms with Crippen LogP contribution in [-0.2, 0) is 11.3 Å². The van der Waals surface area contributed by atoms with Crippen molar-refractivity contribution in [1.29, 1.82) is 0 Å². The van der Waals surface area contributed by atoms with Gasteiger partial charge in [0, 0.05) is 51.9 Å². The normalized spacial score (nSPS) is 11.1. The molecular formula is C26H23ClN4O2. The second kappa shape index (κ2) is 9.71. The molecule has 0 unspecified atom stereocenters. The molecule has 0 aliphatic heterocycles. The standard InChI is InChI=1S/C26H23ClN4O2/c1-17-23(15-28-30-26(33)19-9-7-10-21(14-19)29-18(2)32)22-11-4-6-13-25(22)31(17)16-20-8-3-5-12-24(20)27/h3-15H,16H2,1-2H3,(H,29,32)(H,30,33)/b28-15-. The number of hydrogen-bond acceptors (Lipinski definition) is 3. The highest BCUT2D eigenvalue weighted by Gasteiger charge is 2.14. The Morgan fingerprint density at radius 3 is 2.58 bits per heavy atom. The molecule has 166 valence electrons. The maximum Gasteiger partial charge on any atom is 0.271 e. The molecule has 0 atom stereocenters. The summed E-state index contributed by atoms with van der Waals surface area (Å²) in [5.74, 6) is -0.565. The molecule has 6 nitrogen and oxygen atoms in total. The zero-order valence-corrected chi connectivity index (χ0v) is 19.1. The Morgan fingerprint density at radius 1 is 1.03 bits per heavy atom. The molecule has 0 saturated heterocycles. The molecular weight excluding hydrogens is 436 g/mol. The average Bonchev–Trinajstić information content (AvgIpc) is 3.06. The molecule has 0 radical (unpaired) electrons. The van der Waals surface area contributed by atoms with Gasteiger partial charge in [0.1, 0.15) is 0 Å². The average molecular weight is 459 g/mol. The number of fused-ring (bicyclic) bond motifs is 1. The van der Waals surface area contributed by atoms with Gasteiger partial charge in [-0.3, -0.25) is 9.59 Å². The zero-order valence-electron chi connectivity index (χ0n) is 18.3. The summed E-state index contributed by atoms with van der Waals surface area (Å²) in [5.41, 5.74) is 7.55. The summed E-state index contributed by atoms with van der Waals surface area (Å²) in [6, 6.07) is 22.5. The lowest BCUT2D eigenvalue weighted by atomic mass is 10.1. The molecule has 0 spiro atoms. The molecule has 0 saturated carbocycles. The van der Waals surface area contributed by atoms with Crippen LogP contribution in [0.5, 0.6) is 0 Å². The van der Waals surface area contributed by atoms with Gasteiger partial charge in [0.05, 0.1) is 6.21 Å². The van der Waals surface area contributed by atoms with Crippen LogP contribution in [0.3, 0.4) is 0 Å². The molecule has 2 N–H and O–H groups in total. The third-order valence-corrected chi connectivity index (χ3v) is 5.74. The van der Waals surface area contributed by atoms with E-state index in [2.05, 4.69) is 26.5 Å². The fourth-order valence-electron chi connectivity index (χ4n) is 3.78. The van der Waals surface area contributed by atoms with Gasteiger partial charge in [-0.25, -0.2) is 5.43 Å². The first-order valence-electron chi connectivity index (χ1n) is 10.5. The van der Waals surface area contributed by atoms with Gasteiger partial charge in [0.2, 0.25) is 5.91 Å². The van der Waals surface area contributed by atoms with E-state index in [1.54, 1.807) is 30.5 Å². The summed E-state index contributed by atoms with van der Waals surface area (Å²) in [4.78, 5) is 23.8. The Hall–Kier alpha value is -3.90. The Balaban J connectivity index is 1.59. The van der Waals surface area contributed by atoms with Crippen LogP contribution in [0.2, 0.25) is 5.02 Å². The lowest BCUT2D eigenvalue weighted by Gasteiger charge is -2.10. The minimum absolute atomic E-state index is 0.200. The summed E-state index contributed by atoms with van der Waals surface area (Å²) in [6.45, 7) is 4.07. The van der Waals surface area contributed by atoms with Crippen molar-refractivity contribution in [3.05, 3.63) is 100 Å². The van der Waals surface area contributed by atoms with Crippen LogP contribution in [0.4, 0.5) is 5.69 Å². The molecule has 2 amide bonds. The van der Waals surface area contributed by atoms with Gasteiger partial charge in [-0.2, -0.15) is 5.10 Å². The van der Waals surface area contributed by atoms with Gasteiger partial charge in [-0.05, 0) is 42.8 Å². The van der Waals surface area contributed by atoms with Crippen molar-refractivity contribution in [2.24, 2.45) is 5.10 Å². The third kappa shape index (κ3) is 4.96. The van der Waals surface area contributed by atoms with Crippen molar-refractivity contribution in [2.75, 3.05) is 5.32 Å². The number of hydrazone groups is 1. The number of carbonyl (C=O) groups excluding carboxylic acids is 2. The van der Waals surface area contributed by atoms with E-state index in [0.29, 0.717) is 17.8 Å². The lowest BCUT2D eigenvalue weighted by molar-refractivity contribution is -0.114. The van der Waals surface area contributed by atoms with E-state index in [4.69, 9.17) is 11.6 Å². The Labute approximate surface area is 196 Å². The molecule has 33 heavy (non-hydrogen) atoms. The topological polar surface area (TPSA) is 75.5 Å². The second-order valence-electron chi connectivity index (χ2n) is 7.65. The van der Waals surface area contributed by atoms with Crippen molar-refractivity contribution in [3.63, 3.8) is 0 Å². The van der Waals surface area contributed by atoms with Crippen LogP contribution >= 0.6 is 11.6 Å². The number of hydrogen-bond donors (Lipinski definition) is 2. The number of benzene rings is 3. The minimum atomic E-state index is -0.365. The molecule has 0 aliphatic carbocycles. The monoisotopic (exact) mass is 458 g/mol. The van der Waals surface area contributed by atoms with Crippen LogP contribution in [0, 0.1) is 6.92 Å². The predicted molar refractivity (Wildman–Crippen MR) is 133 cm³/mol. The highest BCUT2D eigenvalue weighted by atomic mass is 35.5. The molecule has 1 heterocycles. The van der Waals surface area contributed by atoms with Gasteiger partial charge in [0.25, 0.3) is 5.91 Å². The van der Waals surface area contributed by atoms with Crippen LogP contribution in [0.25, 0.3) is 10.9 Å². The van der Waals surface area contributed by atoms with E-state index < -0.39 is 0 Å².